The van der Waals surface area contributed by atoms with Crippen LogP contribution < -0.4 is 16.1 Å². The minimum atomic E-state index is -0.632. The van der Waals surface area contributed by atoms with Gasteiger partial charge in [-0.15, -0.1) is 0 Å². The Bertz CT molecular complexity index is 1060. The molecule has 2 heterocycles. The van der Waals surface area contributed by atoms with Gasteiger partial charge in [0.25, 0.3) is 5.91 Å². The molecule has 0 spiro atoms. The summed E-state index contributed by atoms with van der Waals surface area (Å²) in [4.78, 5) is 39.6. The Labute approximate surface area is 154 Å². The lowest BCUT2D eigenvalue weighted by atomic mass is 9.93. The summed E-state index contributed by atoms with van der Waals surface area (Å²) in [7, 11) is 0. The van der Waals surface area contributed by atoms with Crippen molar-refractivity contribution in [3.05, 3.63) is 58.1 Å². The third kappa shape index (κ3) is 4.05. The lowest BCUT2D eigenvalue weighted by molar-refractivity contribution is -0.115. The first-order valence-corrected chi connectivity index (χ1v) is 8.41. The number of H-pyrrole nitrogens is 1. The van der Waals surface area contributed by atoms with Crippen LogP contribution in [0.3, 0.4) is 0 Å². The monoisotopic (exact) mass is 368 g/mol. The molecule has 140 valence electrons. The normalized spacial score (nSPS) is 11.4. The number of amides is 2. The molecule has 1 aromatic carbocycles. The van der Waals surface area contributed by atoms with Crippen LogP contribution in [0, 0.1) is 0 Å². The number of anilines is 1. The first-order valence-electron chi connectivity index (χ1n) is 8.41. The second-order valence-electron chi connectivity index (χ2n) is 7.13. The van der Waals surface area contributed by atoms with Crippen molar-refractivity contribution in [1.29, 1.82) is 0 Å². The summed E-state index contributed by atoms with van der Waals surface area (Å²) in [5.41, 5.74) is -0.0505. The highest BCUT2D eigenvalue weighted by Gasteiger charge is 2.20. The molecular formula is C19H20N4O4. The zero-order chi connectivity index (χ0) is 19.6. The van der Waals surface area contributed by atoms with E-state index in [2.05, 4.69) is 20.8 Å². The van der Waals surface area contributed by atoms with Crippen molar-refractivity contribution < 1.29 is 14.1 Å². The minimum Gasteiger partial charge on any atom is -0.360 e. The van der Waals surface area contributed by atoms with Gasteiger partial charge in [0, 0.05) is 28.6 Å². The topological polar surface area (TPSA) is 117 Å². The Morgan fingerprint density at radius 2 is 1.96 bits per heavy atom. The van der Waals surface area contributed by atoms with Crippen molar-refractivity contribution in [1.82, 2.24) is 15.5 Å². The molecule has 0 aliphatic rings. The van der Waals surface area contributed by atoms with Gasteiger partial charge in [0.2, 0.25) is 11.3 Å². The van der Waals surface area contributed by atoms with E-state index < -0.39 is 17.2 Å². The van der Waals surface area contributed by atoms with Gasteiger partial charge in [-0.05, 0) is 12.1 Å². The molecular weight excluding hydrogens is 348 g/mol. The Morgan fingerprint density at radius 3 is 2.67 bits per heavy atom. The fourth-order valence-corrected chi connectivity index (χ4v) is 2.47. The molecule has 3 rings (SSSR count). The molecule has 0 fully saturated rings. The summed E-state index contributed by atoms with van der Waals surface area (Å²) in [6.07, 6.45) is 1.34. The van der Waals surface area contributed by atoms with Gasteiger partial charge in [0.05, 0.1) is 6.54 Å². The van der Waals surface area contributed by atoms with E-state index in [0.717, 1.165) is 0 Å². The van der Waals surface area contributed by atoms with Crippen LogP contribution in [-0.2, 0) is 10.2 Å². The van der Waals surface area contributed by atoms with E-state index >= 15 is 0 Å². The van der Waals surface area contributed by atoms with Gasteiger partial charge in [-0.2, -0.15) is 0 Å². The number of benzene rings is 1. The highest BCUT2D eigenvalue weighted by molar-refractivity contribution is 6.00. The van der Waals surface area contributed by atoms with E-state index in [1.54, 1.807) is 30.3 Å². The second-order valence-corrected chi connectivity index (χ2v) is 7.13. The molecule has 0 bridgehead atoms. The first-order chi connectivity index (χ1) is 12.8. The van der Waals surface area contributed by atoms with E-state index in [9.17, 15) is 14.4 Å². The number of aromatic nitrogens is 2. The Morgan fingerprint density at radius 1 is 1.22 bits per heavy atom. The van der Waals surface area contributed by atoms with Crippen molar-refractivity contribution in [2.75, 3.05) is 11.9 Å². The van der Waals surface area contributed by atoms with Gasteiger partial charge in [0.1, 0.15) is 11.3 Å². The van der Waals surface area contributed by atoms with E-state index in [4.69, 9.17) is 4.52 Å². The molecule has 3 aromatic rings. The number of hydrogen-bond acceptors (Lipinski definition) is 5. The SMILES string of the molecule is CC(C)(C)c1cc(NC(=O)CNC(=O)c2c[nH]c3ccccc3c2=O)no1. The zero-order valence-corrected chi connectivity index (χ0v) is 15.3. The van der Waals surface area contributed by atoms with E-state index in [-0.39, 0.29) is 23.3 Å². The molecule has 0 saturated carbocycles. The van der Waals surface area contributed by atoms with Crippen LogP contribution in [0.4, 0.5) is 5.82 Å². The van der Waals surface area contributed by atoms with E-state index in [1.807, 2.05) is 20.8 Å². The summed E-state index contributed by atoms with van der Waals surface area (Å²) < 4.78 is 5.18. The van der Waals surface area contributed by atoms with E-state index in [1.165, 1.54) is 6.20 Å². The van der Waals surface area contributed by atoms with Crippen LogP contribution in [-0.4, -0.2) is 28.5 Å². The largest absolute Gasteiger partial charge is 0.360 e. The fraction of sp³-hybridized carbons (Fsp3) is 0.263. The summed E-state index contributed by atoms with van der Waals surface area (Å²) in [5.74, 6) is -0.214. The number of nitrogens with one attached hydrogen (secondary N) is 3. The third-order valence-corrected chi connectivity index (χ3v) is 3.96. The smallest absolute Gasteiger partial charge is 0.257 e. The number of pyridine rings is 1. The predicted octanol–water partition coefficient (Wildman–Crippen LogP) is 2.18. The van der Waals surface area contributed by atoms with E-state index in [0.29, 0.717) is 16.7 Å². The Kier molecular flexibility index (Phi) is 4.81. The number of aromatic amines is 1. The number of nitrogens with zero attached hydrogens (tertiary/aromatic N) is 1. The van der Waals surface area contributed by atoms with Crippen LogP contribution in [0.25, 0.3) is 10.9 Å². The Balaban J connectivity index is 1.64. The maximum absolute atomic E-state index is 12.4. The number of para-hydroxylation sites is 1. The highest BCUT2D eigenvalue weighted by Crippen LogP contribution is 2.24. The molecule has 8 heteroatoms. The lowest BCUT2D eigenvalue weighted by Crippen LogP contribution is -2.35. The molecule has 0 aliphatic heterocycles. The van der Waals surface area contributed by atoms with Gasteiger partial charge in [-0.3, -0.25) is 14.4 Å². The number of hydrogen-bond donors (Lipinski definition) is 3. The van der Waals surface area contributed by atoms with Crippen LogP contribution in [0.1, 0.15) is 36.9 Å². The highest BCUT2D eigenvalue weighted by atomic mass is 16.5. The average molecular weight is 368 g/mol. The first kappa shape index (κ1) is 18.4. The number of rotatable bonds is 4. The van der Waals surface area contributed by atoms with Crippen LogP contribution in [0.2, 0.25) is 0 Å². The van der Waals surface area contributed by atoms with Gasteiger partial charge in [-0.25, -0.2) is 0 Å². The number of carbonyl (C=O) groups excluding carboxylic acids is 2. The van der Waals surface area contributed by atoms with Crippen LogP contribution in [0.5, 0.6) is 0 Å². The minimum absolute atomic E-state index is 0.0574. The van der Waals surface area contributed by atoms with Crippen molar-refractivity contribution in [3.63, 3.8) is 0 Å². The molecule has 0 aliphatic carbocycles. The van der Waals surface area contributed by atoms with Crippen molar-refractivity contribution >= 4 is 28.5 Å². The van der Waals surface area contributed by atoms with Gasteiger partial charge in [-0.1, -0.05) is 38.1 Å². The molecule has 0 radical (unpaired) electrons. The molecule has 2 amide bonds. The average Bonchev–Trinajstić information content (AvgIpc) is 3.09. The molecule has 2 aromatic heterocycles. The summed E-state index contributed by atoms with van der Waals surface area (Å²) >= 11 is 0. The maximum atomic E-state index is 12.4. The number of carbonyl (C=O) groups is 2. The lowest BCUT2D eigenvalue weighted by Gasteiger charge is -2.12. The fourth-order valence-electron chi connectivity index (χ4n) is 2.47. The molecule has 0 unspecified atom stereocenters. The molecule has 3 N–H and O–H groups in total. The molecule has 0 atom stereocenters. The van der Waals surface area contributed by atoms with Crippen LogP contribution in [0.15, 0.2) is 45.8 Å². The summed E-state index contributed by atoms with van der Waals surface area (Å²) in [6, 6.07) is 8.52. The van der Waals surface area contributed by atoms with Crippen LogP contribution >= 0.6 is 0 Å². The van der Waals surface area contributed by atoms with Crippen molar-refractivity contribution in [2.45, 2.75) is 26.2 Å². The van der Waals surface area contributed by atoms with Gasteiger partial charge >= 0.3 is 0 Å². The predicted molar refractivity (Wildman–Crippen MR) is 101 cm³/mol. The molecule has 0 saturated heterocycles. The van der Waals surface area contributed by atoms with Gasteiger partial charge < -0.3 is 20.1 Å². The second kappa shape index (κ2) is 7.06. The zero-order valence-electron chi connectivity index (χ0n) is 15.3. The Hall–Kier alpha value is -3.42. The molecule has 8 nitrogen and oxygen atoms in total. The molecule has 27 heavy (non-hydrogen) atoms. The summed E-state index contributed by atoms with van der Waals surface area (Å²) in [5, 5.41) is 9.16. The quantitative estimate of drug-likeness (QED) is 0.652. The third-order valence-electron chi connectivity index (χ3n) is 3.96. The van der Waals surface area contributed by atoms with Crippen molar-refractivity contribution in [2.24, 2.45) is 0 Å². The standard InChI is InChI=1S/C19H20N4O4/c1-19(2,3)14-8-15(23-27-14)22-16(24)10-21-18(26)12-9-20-13-7-5-4-6-11(13)17(12)25/h4-9H,10H2,1-3H3,(H,20,25)(H,21,26)(H,22,23,24). The maximum Gasteiger partial charge on any atom is 0.257 e. The summed E-state index contributed by atoms with van der Waals surface area (Å²) in [6.45, 7) is 5.57. The van der Waals surface area contributed by atoms with Crippen molar-refractivity contribution in [3.8, 4) is 0 Å². The van der Waals surface area contributed by atoms with Gasteiger partial charge in [0.15, 0.2) is 5.82 Å². The number of fused-ring (bicyclic) bond motifs is 1.